The van der Waals surface area contributed by atoms with Crippen LogP contribution in [0, 0.1) is 17.8 Å². The third-order valence-electron chi connectivity index (χ3n) is 8.47. The van der Waals surface area contributed by atoms with Crippen LogP contribution >= 0.6 is 86.0 Å². The summed E-state index contributed by atoms with van der Waals surface area (Å²) in [5.74, 6) is -3.45. The molecular weight excluding hydrogens is 1500 g/mol. The standard InChI is InChI=1S/C28H69F3N3O45P11/c29-32-17-26(20-35)21-76-87(51,52)71-15-16-74-90(57,58)79-25-28(19-34-31)24-78-89(55,56)73-14-12-70-86(49,50)68-10-8-66-84(45,46)64-6-4-62-82(41,42)60-2-1-59-81(39,40)61-3-5-63-83(43,44)65-7-9-67-85(47,48)69-11-13-72-88(53,54)77-23-27(18-33-30)22-75-80(36,37)38/h26-28,32-35H,1-25H2,(H,39,40)(H,41,42)(H,43,44)(H,45,46)(H,47,48)(H,49,50)(H,51,52)(H,53,54)(H,55,56)(H,57,58)(H2,36,37,38). The molecule has 0 aromatic carbocycles. The van der Waals surface area contributed by atoms with Gasteiger partial charge in [-0.3, -0.25) is 95.0 Å². The molecule has 0 amide bonds. The van der Waals surface area contributed by atoms with Crippen LogP contribution < -0.4 is 16.6 Å². The van der Waals surface area contributed by atoms with Crippen molar-refractivity contribution in [1.29, 1.82) is 0 Å². The van der Waals surface area contributed by atoms with E-state index in [4.69, 9.17) is 14.9 Å². The van der Waals surface area contributed by atoms with E-state index in [2.05, 4.69) is 95.0 Å². The lowest BCUT2D eigenvalue weighted by molar-refractivity contribution is 0.0650. The summed E-state index contributed by atoms with van der Waals surface area (Å²) in [5.41, 5.74) is 3.50. The van der Waals surface area contributed by atoms with Gasteiger partial charge in [-0.2, -0.15) is 16.6 Å². The Balaban J connectivity index is 4.41. The molecule has 13 unspecified atom stereocenters. The molecule has 62 heteroatoms. The lowest BCUT2D eigenvalue weighted by Gasteiger charge is -2.20. The van der Waals surface area contributed by atoms with Gasteiger partial charge in [-0.15, -0.1) is 13.4 Å². The van der Waals surface area contributed by atoms with E-state index >= 15 is 0 Å². The zero-order valence-electron chi connectivity index (χ0n) is 45.8. The third kappa shape index (κ3) is 52.9. The maximum Gasteiger partial charge on any atom is 0.472 e. The summed E-state index contributed by atoms with van der Waals surface area (Å²) in [6.07, 6.45) is 0. The van der Waals surface area contributed by atoms with Crippen molar-refractivity contribution in [3.8, 4) is 0 Å². The van der Waals surface area contributed by atoms with E-state index in [1.165, 1.54) is 5.54 Å². The highest BCUT2D eigenvalue weighted by Crippen LogP contribution is 2.52. The highest BCUT2D eigenvalue weighted by molar-refractivity contribution is 7.50. The summed E-state index contributed by atoms with van der Waals surface area (Å²) in [7, 11) is -54.8. The van der Waals surface area contributed by atoms with Gasteiger partial charge in [0.25, 0.3) is 0 Å². The minimum atomic E-state index is -5.07. The van der Waals surface area contributed by atoms with Gasteiger partial charge in [0, 0.05) is 44.0 Å². The van der Waals surface area contributed by atoms with Crippen LogP contribution in [0.15, 0.2) is 0 Å². The summed E-state index contributed by atoms with van der Waals surface area (Å²) in [6, 6.07) is 0. The first kappa shape index (κ1) is 90.8. The van der Waals surface area contributed by atoms with Crippen molar-refractivity contribution < 1.29 is 222 Å². The van der Waals surface area contributed by atoms with Gasteiger partial charge in [0.2, 0.25) is 0 Å². The number of nitrogens with one attached hydrogen (secondary N) is 3. The first-order valence-electron chi connectivity index (χ1n) is 23.9. The zero-order chi connectivity index (χ0) is 68.9. The zero-order valence-corrected chi connectivity index (χ0v) is 55.7. The number of hydrogen-bond acceptors (Lipinski definition) is 36. The number of phosphoric ester groups is 11. The Morgan fingerprint density at radius 3 is 0.511 bits per heavy atom. The van der Waals surface area contributed by atoms with Crippen molar-refractivity contribution in [2.45, 2.75) is 0 Å². The molecule has 0 rings (SSSR count). The predicted molar refractivity (Wildman–Crippen MR) is 280 cm³/mol. The Morgan fingerprint density at radius 1 is 0.233 bits per heavy atom. The molecule has 0 aromatic heterocycles. The minimum absolute atomic E-state index is 0.431. The van der Waals surface area contributed by atoms with Crippen molar-refractivity contribution in [3.05, 3.63) is 0 Å². The summed E-state index contributed by atoms with van der Waals surface area (Å²) in [6.45, 7) is -21.4. The van der Waals surface area contributed by atoms with Crippen molar-refractivity contribution in [1.82, 2.24) is 16.6 Å². The first-order chi connectivity index (χ1) is 41.4. The van der Waals surface area contributed by atoms with Crippen LogP contribution in [-0.2, 0) is 145 Å². The van der Waals surface area contributed by atoms with Crippen LogP contribution in [0.4, 0.5) is 13.4 Å². The lowest BCUT2D eigenvalue weighted by atomic mass is 10.2. The topological polar surface area (TPSA) is 681 Å². The van der Waals surface area contributed by atoms with E-state index in [0.717, 1.165) is 11.1 Å². The van der Waals surface area contributed by atoms with Gasteiger partial charge in [-0.1, -0.05) is 0 Å². The summed E-state index contributed by atoms with van der Waals surface area (Å²) < 4.78 is 263. The number of aliphatic hydroxyl groups excluding tert-OH is 1. The molecule has 0 saturated heterocycles. The molecular formula is C28H69F3N3O45P11. The largest absolute Gasteiger partial charge is 0.472 e. The molecule has 0 saturated carbocycles. The van der Waals surface area contributed by atoms with Crippen molar-refractivity contribution >= 4 is 86.0 Å². The fourth-order valence-corrected chi connectivity index (χ4v) is 12.3. The van der Waals surface area contributed by atoms with Gasteiger partial charge in [-0.25, -0.2) is 50.2 Å². The van der Waals surface area contributed by atoms with Gasteiger partial charge < -0.3 is 63.8 Å². The minimum Gasteiger partial charge on any atom is -0.396 e. The van der Waals surface area contributed by atoms with Crippen LogP contribution in [0.2, 0.25) is 0 Å². The lowest BCUT2D eigenvalue weighted by Crippen LogP contribution is -2.25. The molecule has 0 heterocycles. The van der Waals surface area contributed by atoms with Crippen LogP contribution in [-0.4, -0.2) is 229 Å². The van der Waals surface area contributed by atoms with Gasteiger partial charge in [0.05, 0.1) is 139 Å². The van der Waals surface area contributed by atoms with E-state index in [-0.39, 0.29) is 0 Å². The number of aliphatic hydroxyl groups is 1. The third-order valence-corrected chi connectivity index (χ3v) is 19.0. The van der Waals surface area contributed by atoms with E-state index < -0.39 is 269 Å². The normalized spacial score (nSPS) is 20.3. The Bertz CT molecular complexity index is 2570. The second-order valence-corrected chi connectivity index (χ2v) is 31.6. The second kappa shape index (κ2) is 45.5. The first-order valence-corrected chi connectivity index (χ1v) is 40.4. The summed E-state index contributed by atoms with van der Waals surface area (Å²) in [4.78, 5) is 115. The highest BCUT2D eigenvalue weighted by atomic mass is 31.2. The summed E-state index contributed by atoms with van der Waals surface area (Å²) in [5, 5.41) is 9.04. The maximum atomic E-state index is 12.9. The molecule has 542 valence electrons. The van der Waals surface area contributed by atoms with Crippen LogP contribution in [0.3, 0.4) is 0 Å². The molecule has 0 bridgehead atoms. The highest BCUT2D eigenvalue weighted by Gasteiger charge is 2.33. The number of hydrogen-bond donors (Lipinski definition) is 16. The molecule has 0 fully saturated rings. The molecule has 0 aliphatic rings. The molecule has 0 radical (unpaired) electrons. The van der Waals surface area contributed by atoms with Gasteiger partial charge in [0.1, 0.15) is 0 Å². The Hall–Kier alpha value is 0.840. The van der Waals surface area contributed by atoms with Gasteiger partial charge in [0.15, 0.2) is 0 Å². The number of phosphoric acid groups is 11. The SMILES string of the molecule is O=P(O)(O)OCC(CNF)COP(=O)(O)OCCOP(=O)(O)OCCOP(=O)(O)OCCOP(=O)(O)OCCOP(=O)(O)OCCOP(=O)(O)OCCOP(=O)(O)OCCOP(=O)(O)OCC(CNF)COP(=O)(O)OCCOP(=O)(O)OCC(CO)CNF. The fourth-order valence-electron chi connectivity index (χ4n) is 4.65. The molecule has 0 spiro atoms. The molecule has 0 aliphatic heterocycles. The smallest absolute Gasteiger partial charge is 0.396 e. The Morgan fingerprint density at radius 2 is 0.367 bits per heavy atom. The molecule has 90 heavy (non-hydrogen) atoms. The van der Waals surface area contributed by atoms with Crippen LogP contribution in [0.5, 0.6) is 0 Å². The average Bonchev–Trinajstić information content (AvgIpc) is 2.22. The van der Waals surface area contributed by atoms with Crippen LogP contribution in [0.1, 0.15) is 0 Å². The molecule has 0 aromatic rings. The average molecular weight is 1570 g/mol. The quantitative estimate of drug-likeness (QED) is 0.0226. The number of rotatable bonds is 62. The fraction of sp³-hybridized carbons (Fsp3) is 1.00. The molecule has 16 N–H and O–H groups in total. The van der Waals surface area contributed by atoms with Gasteiger partial charge >= 0.3 is 86.0 Å². The second-order valence-electron chi connectivity index (χ2n) is 15.8. The van der Waals surface area contributed by atoms with Crippen LogP contribution in [0.25, 0.3) is 0 Å². The summed E-state index contributed by atoms with van der Waals surface area (Å²) >= 11 is 0. The molecule has 0 aliphatic carbocycles. The van der Waals surface area contributed by atoms with E-state index in [1.54, 1.807) is 0 Å². The predicted octanol–water partition coefficient (Wildman–Crippen LogP) is 0.695. The van der Waals surface area contributed by atoms with Crippen molar-refractivity contribution in [2.24, 2.45) is 17.8 Å². The maximum absolute atomic E-state index is 12.9. The number of halogens is 3. The molecule has 48 nitrogen and oxygen atoms in total. The van der Waals surface area contributed by atoms with Crippen molar-refractivity contribution in [3.63, 3.8) is 0 Å². The van der Waals surface area contributed by atoms with E-state index in [1.807, 2.05) is 0 Å². The van der Waals surface area contributed by atoms with Crippen molar-refractivity contribution in [2.75, 3.05) is 165 Å². The molecule has 13 atom stereocenters. The monoisotopic (exact) mass is 1570 g/mol. The van der Waals surface area contributed by atoms with E-state index in [0.29, 0.717) is 0 Å². The van der Waals surface area contributed by atoms with Gasteiger partial charge in [-0.05, 0) is 0 Å². The van der Waals surface area contributed by atoms with E-state index in [9.17, 15) is 113 Å². The Kier molecular flexibility index (Phi) is 45.9. The Labute approximate surface area is 506 Å².